The Hall–Kier alpha value is -2.61. The van der Waals surface area contributed by atoms with Gasteiger partial charge in [0, 0.05) is 22.5 Å². The first kappa shape index (κ1) is 19.7. The largest absolute Gasteiger partial charge is 0.379 e. The third kappa shape index (κ3) is 3.57. The number of primary amides is 1. The first-order valence-corrected chi connectivity index (χ1v) is 10.8. The van der Waals surface area contributed by atoms with Gasteiger partial charge in [-0.25, -0.2) is 0 Å². The van der Waals surface area contributed by atoms with E-state index >= 15 is 0 Å². The number of hydrogen-bond donors (Lipinski definition) is 1. The van der Waals surface area contributed by atoms with E-state index in [1.807, 2.05) is 6.07 Å². The Morgan fingerprint density at radius 2 is 1.93 bits per heavy atom. The van der Waals surface area contributed by atoms with Crippen LogP contribution in [0.15, 0.2) is 59.5 Å². The van der Waals surface area contributed by atoms with Crippen LogP contribution in [-0.2, 0) is 21.3 Å². The van der Waals surface area contributed by atoms with Crippen LogP contribution in [0.1, 0.15) is 17.2 Å². The van der Waals surface area contributed by atoms with Crippen molar-refractivity contribution in [3.05, 3.63) is 70.7 Å². The number of rotatable bonds is 4. The standard InChI is InChI=1S/C21H19ClN2O4S/c1-24-11-10-13-4-3-7-18(19(13)20(24)21(23)25)28-29(26,27)15-8-9-16-14(12-15)5-2-6-17(16)22/h2-9,12,20H,10-11H2,1H3,(H2,23,25). The topological polar surface area (TPSA) is 89.7 Å². The van der Waals surface area contributed by atoms with Crippen molar-refractivity contribution in [3.63, 3.8) is 0 Å². The Labute approximate surface area is 174 Å². The molecule has 1 aliphatic heterocycles. The number of amides is 1. The van der Waals surface area contributed by atoms with Crippen LogP contribution in [0, 0.1) is 0 Å². The molecule has 8 heteroatoms. The average Bonchev–Trinajstić information content (AvgIpc) is 2.68. The number of likely N-dealkylation sites (N-methyl/N-ethyl adjacent to an activating group) is 1. The summed E-state index contributed by atoms with van der Waals surface area (Å²) in [6.07, 6.45) is 0.668. The van der Waals surface area contributed by atoms with Gasteiger partial charge < -0.3 is 9.92 Å². The maximum atomic E-state index is 13.0. The summed E-state index contributed by atoms with van der Waals surface area (Å²) in [5.74, 6) is -0.439. The molecule has 0 radical (unpaired) electrons. The van der Waals surface area contributed by atoms with Crippen molar-refractivity contribution < 1.29 is 17.4 Å². The molecule has 0 bridgehead atoms. The first-order chi connectivity index (χ1) is 13.8. The molecule has 150 valence electrons. The second-order valence-electron chi connectivity index (χ2n) is 7.02. The molecule has 29 heavy (non-hydrogen) atoms. The quantitative estimate of drug-likeness (QED) is 0.641. The summed E-state index contributed by atoms with van der Waals surface area (Å²) in [7, 11) is -2.36. The van der Waals surface area contributed by atoms with E-state index in [0.29, 0.717) is 28.9 Å². The van der Waals surface area contributed by atoms with Gasteiger partial charge in [-0.1, -0.05) is 41.9 Å². The lowest BCUT2D eigenvalue weighted by atomic mass is 9.92. The Kier molecular flexibility index (Phi) is 4.98. The van der Waals surface area contributed by atoms with Gasteiger partial charge in [0.25, 0.3) is 0 Å². The zero-order valence-corrected chi connectivity index (χ0v) is 17.2. The van der Waals surface area contributed by atoms with Crippen LogP contribution in [-0.4, -0.2) is 32.8 Å². The molecular formula is C21H19ClN2O4S. The van der Waals surface area contributed by atoms with E-state index in [1.165, 1.54) is 12.1 Å². The Morgan fingerprint density at radius 1 is 1.17 bits per heavy atom. The van der Waals surface area contributed by atoms with Crippen LogP contribution in [0.3, 0.4) is 0 Å². The SMILES string of the molecule is CN1CCc2cccc(OS(=O)(=O)c3ccc4c(Cl)cccc4c3)c2C1C(N)=O. The molecule has 1 atom stereocenters. The smallest absolute Gasteiger partial charge is 0.339 e. The van der Waals surface area contributed by atoms with Gasteiger partial charge in [0.1, 0.15) is 16.7 Å². The molecule has 4 rings (SSSR count). The molecule has 1 aliphatic rings. The first-order valence-electron chi connectivity index (χ1n) is 9.02. The maximum Gasteiger partial charge on any atom is 0.339 e. The summed E-state index contributed by atoms with van der Waals surface area (Å²) in [5.41, 5.74) is 6.95. The number of carbonyl (C=O) groups excluding carboxylic acids is 1. The zero-order valence-electron chi connectivity index (χ0n) is 15.6. The van der Waals surface area contributed by atoms with Gasteiger partial charge in [-0.3, -0.25) is 9.69 Å². The van der Waals surface area contributed by atoms with E-state index in [-0.39, 0.29) is 10.6 Å². The van der Waals surface area contributed by atoms with Gasteiger partial charge in [-0.05, 0) is 48.7 Å². The molecule has 6 nitrogen and oxygen atoms in total. The van der Waals surface area contributed by atoms with E-state index in [9.17, 15) is 13.2 Å². The lowest BCUT2D eigenvalue weighted by Gasteiger charge is -2.33. The molecule has 1 heterocycles. The number of carbonyl (C=O) groups is 1. The van der Waals surface area contributed by atoms with Crippen LogP contribution in [0.2, 0.25) is 5.02 Å². The van der Waals surface area contributed by atoms with Crippen LogP contribution < -0.4 is 9.92 Å². The van der Waals surface area contributed by atoms with Crippen LogP contribution in [0.4, 0.5) is 0 Å². The number of nitrogens with zero attached hydrogens (tertiary/aromatic N) is 1. The van der Waals surface area contributed by atoms with E-state index in [1.54, 1.807) is 48.3 Å². The fraction of sp³-hybridized carbons (Fsp3) is 0.190. The maximum absolute atomic E-state index is 13.0. The lowest BCUT2D eigenvalue weighted by Crippen LogP contribution is -2.40. The molecule has 2 N–H and O–H groups in total. The van der Waals surface area contributed by atoms with Crippen molar-refractivity contribution in [2.45, 2.75) is 17.4 Å². The second-order valence-corrected chi connectivity index (χ2v) is 8.98. The minimum absolute atomic E-state index is 0.00431. The van der Waals surface area contributed by atoms with Crippen molar-refractivity contribution in [3.8, 4) is 5.75 Å². The monoisotopic (exact) mass is 430 g/mol. The summed E-state index contributed by atoms with van der Waals surface area (Å²) in [5, 5.41) is 1.98. The summed E-state index contributed by atoms with van der Waals surface area (Å²) in [6.45, 7) is 0.641. The molecule has 1 amide bonds. The van der Waals surface area contributed by atoms with Crippen molar-refractivity contribution in [1.29, 1.82) is 0 Å². The minimum atomic E-state index is -4.13. The van der Waals surface area contributed by atoms with E-state index < -0.39 is 22.1 Å². The van der Waals surface area contributed by atoms with Crippen molar-refractivity contribution in [2.24, 2.45) is 5.73 Å². The highest BCUT2D eigenvalue weighted by Crippen LogP contribution is 2.37. The summed E-state index contributed by atoms with van der Waals surface area (Å²) >= 11 is 6.16. The lowest BCUT2D eigenvalue weighted by molar-refractivity contribution is -0.123. The van der Waals surface area contributed by atoms with Gasteiger partial charge in [0.05, 0.1) is 0 Å². The van der Waals surface area contributed by atoms with Crippen LogP contribution >= 0.6 is 11.6 Å². The number of nitrogens with two attached hydrogens (primary N) is 1. The summed E-state index contributed by atoms with van der Waals surface area (Å²) in [6, 6.07) is 14.3. The fourth-order valence-electron chi connectivity index (χ4n) is 3.74. The minimum Gasteiger partial charge on any atom is -0.379 e. The van der Waals surface area contributed by atoms with Crippen molar-refractivity contribution in [2.75, 3.05) is 13.6 Å². The second kappa shape index (κ2) is 7.33. The van der Waals surface area contributed by atoms with Gasteiger partial charge in [-0.15, -0.1) is 0 Å². The number of fused-ring (bicyclic) bond motifs is 2. The third-order valence-electron chi connectivity index (χ3n) is 5.16. The summed E-state index contributed by atoms with van der Waals surface area (Å²) in [4.78, 5) is 13.9. The Balaban J connectivity index is 1.77. The Morgan fingerprint density at radius 3 is 2.69 bits per heavy atom. The van der Waals surface area contributed by atoms with Crippen LogP contribution in [0.5, 0.6) is 5.75 Å². The molecule has 3 aromatic rings. The van der Waals surface area contributed by atoms with Gasteiger partial charge in [0.15, 0.2) is 0 Å². The molecular weight excluding hydrogens is 412 g/mol. The van der Waals surface area contributed by atoms with Gasteiger partial charge in [0.2, 0.25) is 5.91 Å². The highest BCUT2D eigenvalue weighted by Gasteiger charge is 2.33. The molecule has 3 aromatic carbocycles. The number of halogens is 1. The zero-order chi connectivity index (χ0) is 20.8. The van der Waals surface area contributed by atoms with Crippen molar-refractivity contribution >= 4 is 38.4 Å². The van der Waals surface area contributed by atoms with E-state index in [4.69, 9.17) is 21.5 Å². The average molecular weight is 431 g/mol. The molecule has 0 fully saturated rings. The highest BCUT2D eigenvalue weighted by molar-refractivity contribution is 7.87. The molecule has 0 aromatic heterocycles. The highest BCUT2D eigenvalue weighted by atomic mass is 35.5. The molecule has 0 saturated carbocycles. The van der Waals surface area contributed by atoms with E-state index in [2.05, 4.69) is 0 Å². The normalized spacial score (nSPS) is 17.1. The predicted molar refractivity (Wildman–Crippen MR) is 111 cm³/mol. The van der Waals surface area contributed by atoms with Crippen LogP contribution in [0.25, 0.3) is 10.8 Å². The predicted octanol–water partition coefficient (Wildman–Crippen LogP) is 3.28. The Bertz CT molecular complexity index is 1230. The summed E-state index contributed by atoms with van der Waals surface area (Å²) < 4.78 is 31.5. The molecule has 1 unspecified atom stereocenters. The van der Waals surface area contributed by atoms with Gasteiger partial charge in [-0.2, -0.15) is 8.42 Å². The fourth-order valence-corrected chi connectivity index (χ4v) is 4.97. The van der Waals surface area contributed by atoms with Crippen molar-refractivity contribution in [1.82, 2.24) is 4.90 Å². The number of hydrogen-bond acceptors (Lipinski definition) is 5. The third-order valence-corrected chi connectivity index (χ3v) is 6.72. The molecule has 0 aliphatic carbocycles. The number of benzene rings is 3. The van der Waals surface area contributed by atoms with Gasteiger partial charge >= 0.3 is 10.1 Å². The van der Waals surface area contributed by atoms with E-state index in [0.717, 1.165) is 10.9 Å². The molecule has 0 saturated heterocycles. The molecule has 0 spiro atoms.